The molecule has 1 N–H and O–H groups in total. The summed E-state index contributed by atoms with van der Waals surface area (Å²) < 4.78 is 4.91. The van der Waals surface area contributed by atoms with Crippen LogP contribution in [0.25, 0.3) is 0 Å². The largest absolute Gasteiger partial charge is 0.436 e. The maximum atomic E-state index is 11.4. The van der Waals surface area contributed by atoms with E-state index in [1.54, 1.807) is 0 Å². The first kappa shape index (κ1) is 22.4. The normalized spacial score (nSPS) is 12.3. The average Bonchev–Trinajstić information content (AvgIpc) is 2.52. The molecule has 0 aliphatic rings. The van der Waals surface area contributed by atoms with Gasteiger partial charge in [0.2, 0.25) is 6.29 Å². The standard InChI is InChI=1S/C20H40O3/c1-3-5-6-7-8-9-10-11-12-13-14-15-16-18-20(22)23-19(21)17-4-2/h19,21H,3-18H2,1-2H3. The van der Waals surface area contributed by atoms with Gasteiger partial charge in [0, 0.05) is 12.8 Å². The number of carbonyl (C=O) groups is 1. The lowest BCUT2D eigenvalue weighted by Gasteiger charge is -2.10. The smallest absolute Gasteiger partial charge is 0.308 e. The summed E-state index contributed by atoms with van der Waals surface area (Å²) in [6.45, 7) is 4.22. The minimum absolute atomic E-state index is 0.256. The van der Waals surface area contributed by atoms with Gasteiger partial charge in [-0.05, 0) is 6.42 Å². The van der Waals surface area contributed by atoms with Gasteiger partial charge in [-0.3, -0.25) is 4.79 Å². The average molecular weight is 329 g/mol. The van der Waals surface area contributed by atoms with E-state index in [-0.39, 0.29) is 5.97 Å². The number of hydrogen-bond donors (Lipinski definition) is 1. The first-order valence-corrected chi connectivity index (χ1v) is 10.1. The van der Waals surface area contributed by atoms with E-state index in [4.69, 9.17) is 4.74 Å². The molecule has 3 heteroatoms. The SMILES string of the molecule is CCCCCCCCCCCCCCCC(=O)OC(O)CCC. The second-order valence-corrected chi connectivity index (χ2v) is 6.73. The van der Waals surface area contributed by atoms with Gasteiger partial charge in [-0.25, -0.2) is 0 Å². The van der Waals surface area contributed by atoms with Gasteiger partial charge in [-0.1, -0.05) is 97.3 Å². The summed E-state index contributed by atoms with van der Waals surface area (Å²) >= 11 is 0. The first-order valence-electron chi connectivity index (χ1n) is 10.1. The van der Waals surface area contributed by atoms with Crippen molar-refractivity contribution in [3.05, 3.63) is 0 Å². The lowest BCUT2D eigenvalue weighted by molar-refractivity contribution is -0.168. The summed E-state index contributed by atoms with van der Waals surface area (Å²) in [6.07, 6.45) is 17.8. The van der Waals surface area contributed by atoms with Gasteiger partial charge in [0.1, 0.15) is 0 Å². The van der Waals surface area contributed by atoms with Crippen LogP contribution in [0.3, 0.4) is 0 Å². The Kier molecular flexibility index (Phi) is 17.3. The fourth-order valence-electron chi connectivity index (χ4n) is 2.80. The lowest BCUT2D eigenvalue weighted by Crippen LogP contribution is -2.16. The quantitative estimate of drug-likeness (QED) is 0.198. The third-order valence-corrected chi connectivity index (χ3v) is 4.29. The Morgan fingerprint density at radius 3 is 1.61 bits per heavy atom. The molecule has 0 fully saturated rings. The minimum Gasteiger partial charge on any atom is -0.436 e. The van der Waals surface area contributed by atoms with Crippen LogP contribution in [0.15, 0.2) is 0 Å². The van der Waals surface area contributed by atoms with E-state index in [1.807, 2.05) is 6.92 Å². The molecular formula is C20H40O3. The molecule has 0 saturated heterocycles. The fraction of sp³-hybridized carbons (Fsp3) is 0.950. The Hall–Kier alpha value is -0.570. The van der Waals surface area contributed by atoms with Gasteiger partial charge in [-0.2, -0.15) is 0 Å². The molecule has 0 aromatic carbocycles. The van der Waals surface area contributed by atoms with Crippen molar-refractivity contribution in [2.75, 3.05) is 0 Å². The topological polar surface area (TPSA) is 46.5 Å². The molecule has 1 atom stereocenters. The van der Waals surface area contributed by atoms with E-state index in [1.165, 1.54) is 70.6 Å². The molecule has 0 amide bonds. The number of esters is 1. The van der Waals surface area contributed by atoms with Crippen molar-refractivity contribution in [2.24, 2.45) is 0 Å². The van der Waals surface area contributed by atoms with E-state index in [9.17, 15) is 9.90 Å². The summed E-state index contributed by atoms with van der Waals surface area (Å²) in [7, 11) is 0. The second-order valence-electron chi connectivity index (χ2n) is 6.73. The highest BCUT2D eigenvalue weighted by Gasteiger charge is 2.09. The molecule has 0 aliphatic heterocycles. The van der Waals surface area contributed by atoms with E-state index in [0.29, 0.717) is 12.8 Å². The van der Waals surface area contributed by atoms with Crippen molar-refractivity contribution in [1.82, 2.24) is 0 Å². The van der Waals surface area contributed by atoms with Crippen molar-refractivity contribution >= 4 is 5.97 Å². The molecule has 23 heavy (non-hydrogen) atoms. The van der Waals surface area contributed by atoms with Crippen LogP contribution in [-0.4, -0.2) is 17.4 Å². The van der Waals surface area contributed by atoms with E-state index in [0.717, 1.165) is 19.3 Å². The number of aliphatic hydroxyl groups excluding tert-OH is 1. The Morgan fingerprint density at radius 1 is 0.739 bits per heavy atom. The Labute approximate surface area is 144 Å². The van der Waals surface area contributed by atoms with Gasteiger partial charge in [-0.15, -0.1) is 0 Å². The fourth-order valence-corrected chi connectivity index (χ4v) is 2.80. The Bertz CT molecular complexity index is 253. The zero-order valence-corrected chi connectivity index (χ0v) is 15.7. The number of rotatable bonds is 17. The van der Waals surface area contributed by atoms with E-state index >= 15 is 0 Å². The maximum Gasteiger partial charge on any atom is 0.308 e. The molecule has 0 rings (SSSR count). The molecule has 138 valence electrons. The van der Waals surface area contributed by atoms with Crippen molar-refractivity contribution in [3.8, 4) is 0 Å². The molecule has 0 aromatic heterocycles. The minimum atomic E-state index is -0.908. The second kappa shape index (κ2) is 17.8. The number of hydrogen-bond acceptors (Lipinski definition) is 3. The molecule has 3 nitrogen and oxygen atoms in total. The van der Waals surface area contributed by atoms with Crippen molar-refractivity contribution in [2.45, 2.75) is 123 Å². The van der Waals surface area contributed by atoms with Gasteiger partial charge < -0.3 is 9.84 Å². The van der Waals surface area contributed by atoms with Gasteiger partial charge in [0.25, 0.3) is 0 Å². The lowest BCUT2D eigenvalue weighted by atomic mass is 10.0. The van der Waals surface area contributed by atoms with Crippen molar-refractivity contribution < 1.29 is 14.6 Å². The van der Waals surface area contributed by atoms with Gasteiger partial charge >= 0.3 is 5.97 Å². The monoisotopic (exact) mass is 328 g/mol. The summed E-state index contributed by atoms with van der Waals surface area (Å²) in [4.78, 5) is 11.4. The molecule has 0 spiro atoms. The molecule has 0 aromatic rings. The highest BCUT2D eigenvalue weighted by Crippen LogP contribution is 2.13. The molecule has 1 unspecified atom stereocenters. The van der Waals surface area contributed by atoms with Crippen LogP contribution in [0, 0.1) is 0 Å². The van der Waals surface area contributed by atoms with Crippen LogP contribution in [0.1, 0.15) is 117 Å². The number of carbonyl (C=O) groups excluding carboxylic acids is 1. The van der Waals surface area contributed by atoms with Crippen molar-refractivity contribution in [1.29, 1.82) is 0 Å². The van der Waals surface area contributed by atoms with E-state index in [2.05, 4.69) is 6.92 Å². The van der Waals surface area contributed by atoms with Crippen molar-refractivity contribution in [3.63, 3.8) is 0 Å². The third kappa shape index (κ3) is 17.6. The van der Waals surface area contributed by atoms with Crippen LogP contribution >= 0.6 is 0 Å². The van der Waals surface area contributed by atoms with Gasteiger partial charge in [0.05, 0.1) is 0 Å². The number of unbranched alkanes of at least 4 members (excludes halogenated alkanes) is 12. The molecule has 0 radical (unpaired) electrons. The molecule has 0 aliphatic carbocycles. The first-order chi connectivity index (χ1) is 11.2. The number of aliphatic hydroxyl groups is 1. The molecule has 0 saturated carbocycles. The highest BCUT2D eigenvalue weighted by molar-refractivity contribution is 5.69. The number of ether oxygens (including phenoxy) is 1. The van der Waals surface area contributed by atoms with Crippen LogP contribution < -0.4 is 0 Å². The zero-order chi connectivity index (χ0) is 17.2. The zero-order valence-electron chi connectivity index (χ0n) is 15.7. The predicted molar refractivity (Wildman–Crippen MR) is 97.3 cm³/mol. The summed E-state index contributed by atoms with van der Waals surface area (Å²) in [5.74, 6) is -0.256. The van der Waals surface area contributed by atoms with Crippen LogP contribution in [0.5, 0.6) is 0 Å². The van der Waals surface area contributed by atoms with Gasteiger partial charge in [0.15, 0.2) is 0 Å². The van der Waals surface area contributed by atoms with Crippen LogP contribution in [-0.2, 0) is 9.53 Å². The maximum absolute atomic E-state index is 11.4. The summed E-state index contributed by atoms with van der Waals surface area (Å²) in [5.41, 5.74) is 0. The molecule has 0 bridgehead atoms. The molecule has 0 heterocycles. The highest BCUT2D eigenvalue weighted by atomic mass is 16.6. The Balaban J connectivity index is 3.17. The van der Waals surface area contributed by atoms with E-state index < -0.39 is 6.29 Å². The Morgan fingerprint density at radius 2 is 1.17 bits per heavy atom. The van der Waals surface area contributed by atoms with Crippen LogP contribution in [0.2, 0.25) is 0 Å². The van der Waals surface area contributed by atoms with Crippen LogP contribution in [0.4, 0.5) is 0 Å². The summed E-state index contributed by atoms with van der Waals surface area (Å²) in [6, 6.07) is 0. The predicted octanol–water partition coefficient (Wildman–Crippen LogP) is 6.13. The molecular weight excluding hydrogens is 288 g/mol. The summed E-state index contributed by atoms with van der Waals surface area (Å²) in [5, 5.41) is 9.38. The third-order valence-electron chi connectivity index (χ3n) is 4.29.